The van der Waals surface area contributed by atoms with Gasteiger partial charge in [0.15, 0.2) is 9.84 Å². The molecular weight excluding hydrogens is 314 g/mol. The quantitative estimate of drug-likeness (QED) is 0.936. The van der Waals surface area contributed by atoms with Crippen molar-refractivity contribution in [2.24, 2.45) is 0 Å². The second-order valence-electron chi connectivity index (χ2n) is 5.17. The molecule has 3 rings (SSSR count). The summed E-state index contributed by atoms with van der Waals surface area (Å²) < 4.78 is 24.2. The van der Waals surface area contributed by atoms with E-state index in [-0.39, 0.29) is 16.8 Å². The maximum absolute atomic E-state index is 12.7. The number of nitrogens with one attached hydrogen (secondary N) is 1. The minimum Gasteiger partial charge on any atom is -0.351 e. The zero-order valence-electron chi connectivity index (χ0n) is 12.2. The van der Waals surface area contributed by atoms with E-state index in [2.05, 4.69) is 5.32 Å². The Morgan fingerprint density at radius 3 is 1.87 bits per heavy atom. The van der Waals surface area contributed by atoms with Crippen LogP contribution in [-0.4, -0.2) is 26.2 Å². The summed E-state index contributed by atoms with van der Waals surface area (Å²) in [6.07, 6.45) is 0.925. The van der Waals surface area contributed by atoms with Crippen molar-refractivity contribution in [2.75, 3.05) is 11.6 Å². The molecule has 0 atom stereocenters. The second kappa shape index (κ2) is 5.48. The van der Waals surface area contributed by atoms with Gasteiger partial charge in [0.05, 0.1) is 0 Å². The Morgan fingerprint density at radius 2 is 1.30 bits per heavy atom. The molecule has 0 saturated carbocycles. The SMILES string of the molecule is CS(=O)(=O)C1=C(Nc2ccccc2)C(=O)c2ccccc2C1=O. The highest BCUT2D eigenvalue weighted by atomic mass is 32.2. The Kier molecular flexibility index (Phi) is 3.61. The minimum absolute atomic E-state index is 0.108. The highest BCUT2D eigenvalue weighted by Gasteiger charge is 2.37. The lowest BCUT2D eigenvalue weighted by Gasteiger charge is -2.21. The first-order valence-electron chi connectivity index (χ1n) is 6.84. The van der Waals surface area contributed by atoms with Gasteiger partial charge in [-0.05, 0) is 12.1 Å². The number of hydrogen-bond acceptors (Lipinski definition) is 5. The van der Waals surface area contributed by atoms with E-state index in [1.165, 1.54) is 12.1 Å². The zero-order valence-corrected chi connectivity index (χ0v) is 13.1. The molecular formula is C17H13NO4S. The fraction of sp³-hybridized carbons (Fsp3) is 0.0588. The van der Waals surface area contributed by atoms with Crippen LogP contribution < -0.4 is 5.32 Å². The summed E-state index contributed by atoms with van der Waals surface area (Å²) in [5, 5.41) is 2.79. The number of anilines is 1. The van der Waals surface area contributed by atoms with Gasteiger partial charge in [0.1, 0.15) is 10.6 Å². The van der Waals surface area contributed by atoms with Gasteiger partial charge in [-0.2, -0.15) is 0 Å². The lowest BCUT2D eigenvalue weighted by Crippen LogP contribution is -2.29. The first-order chi connectivity index (χ1) is 10.9. The number of benzene rings is 2. The highest BCUT2D eigenvalue weighted by Crippen LogP contribution is 2.29. The molecule has 0 unspecified atom stereocenters. The number of Topliss-reactive ketones (excluding diaryl/α,β-unsaturated/α-hetero) is 2. The third-order valence-electron chi connectivity index (χ3n) is 3.49. The molecule has 0 aromatic heterocycles. The van der Waals surface area contributed by atoms with E-state index in [9.17, 15) is 18.0 Å². The molecule has 0 heterocycles. The summed E-state index contributed by atoms with van der Waals surface area (Å²) in [7, 11) is -3.87. The van der Waals surface area contributed by atoms with Gasteiger partial charge in [-0.25, -0.2) is 8.42 Å². The predicted octanol–water partition coefficient (Wildman–Crippen LogP) is 2.43. The van der Waals surface area contributed by atoms with Crippen molar-refractivity contribution in [1.29, 1.82) is 0 Å². The molecule has 1 aliphatic rings. The second-order valence-corrected chi connectivity index (χ2v) is 7.12. The number of para-hydroxylation sites is 1. The molecule has 2 aromatic rings. The van der Waals surface area contributed by atoms with Gasteiger partial charge in [-0.1, -0.05) is 42.5 Å². The van der Waals surface area contributed by atoms with Gasteiger partial charge in [-0.15, -0.1) is 0 Å². The number of fused-ring (bicyclic) bond motifs is 1. The summed E-state index contributed by atoms with van der Waals surface area (Å²) in [6, 6.07) is 14.9. The molecule has 1 N–H and O–H groups in total. The zero-order chi connectivity index (χ0) is 16.6. The molecule has 0 radical (unpaired) electrons. The maximum atomic E-state index is 12.7. The van der Waals surface area contributed by atoms with Gasteiger partial charge >= 0.3 is 0 Å². The van der Waals surface area contributed by atoms with E-state index < -0.39 is 26.3 Å². The van der Waals surface area contributed by atoms with E-state index in [0.29, 0.717) is 5.69 Å². The molecule has 1 aliphatic carbocycles. The van der Waals surface area contributed by atoms with E-state index in [1.54, 1.807) is 42.5 Å². The van der Waals surface area contributed by atoms with E-state index in [1.807, 2.05) is 0 Å². The van der Waals surface area contributed by atoms with Crippen molar-refractivity contribution >= 4 is 27.1 Å². The molecule has 6 heteroatoms. The molecule has 116 valence electrons. The van der Waals surface area contributed by atoms with Crippen LogP contribution in [0.25, 0.3) is 0 Å². The van der Waals surface area contributed by atoms with Crippen LogP contribution in [0.4, 0.5) is 5.69 Å². The maximum Gasteiger partial charge on any atom is 0.211 e. The average Bonchev–Trinajstić information content (AvgIpc) is 2.52. The van der Waals surface area contributed by atoms with Crippen LogP contribution in [0.2, 0.25) is 0 Å². The number of rotatable bonds is 3. The van der Waals surface area contributed by atoms with Gasteiger partial charge in [0, 0.05) is 23.1 Å². The predicted molar refractivity (Wildman–Crippen MR) is 87.0 cm³/mol. The Morgan fingerprint density at radius 1 is 0.783 bits per heavy atom. The Hall–Kier alpha value is -2.73. The summed E-state index contributed by atoms with van der Waals surface area (Å²) in [6.45, 7) is 0. The fourth-order valence-electron chi connectivity index (χ4n) is 2.49. The smallest absolute Gasteiger partial charge is 0.211 e. The monoisotopic (exact) mass is 327 g/mol. The number of sulfone groups is 1. The van der Waals surface area contributed by atoms with Gasteiger partial charge < -0.3 is 5.32 Å². The van der Waals surface area contributed by atoms with E-state index in [0.717, 1.165) is 6.26 Å². The van der Waals surface area contributed by atoms with Crippen molar-refractivity contribution in [1.82, 2.24) is 0 Å². The third-order valence-corrected chi connectivity index (χ3v) is 4.62. The van der Waals surface area contributed by atoms with Crippen LogP contribution in [0.3, 0.4) is 0 Å². The van der Waals surface area contributed by atoms with Crippen LogP contribution >= 0.6 is 0 Å². The molecule has 0 amide bonds. The van der Waals surface area contributed by atoms with Crippen molar-refractivity contribution in [3.8, 4) is 0 Å². The number of ketones is 2. The molecule has 5 nitrogen and oxygen atoms in total. The summed E-state index contributed by atoms with van der Waals surface area (Å²) >= 11 is 0. The topological polar surface area (TPSA) is 80.3 Å². The molecule has 0 aliphatic heterocycles. The number of carbonyl (C=O) groups is 2. The number of hydrogen-bond donors (Lipinski definition) is 1. The standard InChI is InChI=1S/C17H13NO4S/c1-23(21,22)17-14(18-11-7-3-2-4-8-11)15(19)12-9-5-6-10-13(12)16(17)20/h2-10,18H,1H3. The fourth-order valence-corrected chi connectivity index (χ4v) is 3.45. The number of carbonyl (C=O) groups excluding carboxylic acids is 2. The van der Waals surface area contributed by atoms with Crippen LogP contribution in [-0.2, 0) is 9.84 Å². The van der Waals surface area contributed by atoms with Gasteiger partial charge in [0.2, 0.25) is 11.6 Å². The minimum atomic E-state index is -3.87. The third kappa shape index (κ3) is 2.68. The highest BCUT2D eigenvalue weighted by molar-refractivity contribution is 7.95. The molecule has 0 fully saturated rings. The molecule has 23 heavy (non-hydrogen) atoms. The first kappa shape index (κ1) is 15.2. The van der Waals surface area contributed by atoms with Crippen molar-refractivity contribution in [3.63, 3.8) is 0 Å². The van der Waals surface area contributed by atoms with Crippen LogP contribution in [0.15, 0.2) is 65.2 Å². The first-order valence-corrected chi connectivity index (χ1v) is 8.73. The van der Waals surface area contributed by atoms with Crippen molar-refractivity contribution in [3.05, 3.63) is 76.3 Å². The molecule has 0 spiro atoms. The van der Waals surface area contributed by atoms with Crippen molar-refractivity contribution in [2.45, 2.75) is 0 Å². The molecule has 0 saturated heterocycles. The lowest BCUT2D eigenvalue weighted by molar-refractivity contribution is 0.0981. The lowest BCUT2D eigenvalue weighted by atomic mass is 9.92. The summed E-state index contributed by atoms with van der Waals surface area (Å²) in [5.41, 5.74) is 0.631. The van der Waals surface area contributed by atoms with Gasteiger partial charge in [-0.3, -0.25) is 9.59 Å². The summed E-state index contributed by atoms with van der Waals surface area (Å²) in [5.74, 6) is -1.18. The normalized spacial score (nSPS) is 14.7. The van der Waals surface area contributed by atoms with E-state index >= 15 is 0 Å². The molecule has 2 aromatic carbocycles. The Labute approximate surface area is 133 Å². The molecule has 0 bridgehead atoms. The Bertz CT molecular complexity index is 944. The largest absolute Gasteiger partial charge is 0.351 e. The van der Waals surface area contributed by atoms with Gasteiger partial charge in [0.25, 0.3) is 0 Å². The van der Waals surface area contributed by atoms with Crippen molar-refractivity contribution < 1.29 is 18.0 Å². The van der Waals surface area contributed by atoms with Crippen LogP contribution in [0.1, 0.15) is 20.7 Å². The van der Waals surface area contributed by atoms with Crippen LogP contribution in [0.5, 0.6) is 0 Å². The van der Waals surface area contributed by atoms with Crippen LogP contribution in [0, 0.1) is 0 Å². The number of allylic oxidation sites excluding steroid dienone is 2. The average molecular weight is 327 g/mol. The summed E-state index contributed by atoms with van der Waals surface area (Å²) in [4.78, 5) is 24.8. The Balaban J connectivity index is 2.23. The van der Waals surface area contributed by atoms with E-state index in [4.69, 9.17) is 0 Å².